The van der Waals surface area contributed by atoms with Crippen molar-refractivity contribution < 1.29 is 13.9 Å². The number of hydrogen-bond acceptors (Lipinski definition) is 3. The molecule has 2 nitrogen and oxygen atoms in total. The van der Waals surface area contributed by atoms with E-state index in [-0.39, 0.29) is 5.82 Å². The molecule has 0 aliphatic rings. The maximum absolute atomic E-state index is 13.7. The highest BCUT2D eigenvalue weighted by atomic mass is 32.1. The van der Waals surface area contributed by atoms with E-state index in [9.17, 15) is 4.39 Å². The molecule has 0 atom stereocenters. The SMILES string of the molecule is COc1sc2cccc(OC)c2c1F. The summed E-state index contributed by atoms with van der Waals surface area (Å²) < 4.78 is 24.5. The average Bonchev–Trinajstić information content (AvgIpc) is 2.55. The molecule has 1 aromatic carbocycles. The number of ether oxygens (including phenoxy) is 2. The van der Waals surface area contributed by atoms with Crippen LogP contribution in [0.2, 0.25) is 0 Å². The molecule has 2 aromatic rings. The Morgan fingerprint density at radius 1 is 1.21 bits per heavy atom. The molecule has 0 bridgehead atoms. The van der Waals surface area contributed by atoms with Gasteiger partial charge in [0.15, 0.2) is 5.82 Å². The van der Waals surface area contributed by atoms with E-state index in [4.69, 9.17) is 9.47 Å². The Morgan fingerprint density at radius 2 is 2.00 bits per heavy atom. The van der Waals surface area contributed by atoms with Crippen molar-refractivity contribution in [2.24, 2.45) is 0 Å². The first-order valence-corrected chi connectivity index (χ1v) is 4.88. The molecular formula is C10H9FO2S. The Balaban J connectivity index is 2.79. The number of rotatable bonds is 2. The van der Waals surface area contributed by atoms with Crippen molar-refractivity contribution in [2.45, 2.75) is 0 Å². The number of halogens is 1. The van der Waals surface area contributed by atoms with Gasteiger partial charge in [0.2, 0.25) is 5.06 Å². The van der Waals surface area contributed by atoms with Crippen LogP contribution in [0.1, 0.15) is 0 Å². The molecule has 0 N–H and O–H groups in total. The Morgan fingerprint density at radius 3 is 2.64 bits per heavy atom. The number of methoxy groups -OCH3 is 2. The third-order valence-corrected chi connectivity index (χ3v) is 3.09. The largest absolute Gasteiger partial charge is 0.496 e. The number of thiophene rings is 1. The van der Waals surface area contributed by atoms with Crippen molar-refractivity contribution in [1.82, 2.24) is 0 Å². The topological polar surface area (TPSA) is 18.5 Å². The van der Waals surface area contributed by atoms with Crippen molar-refractivity contribution >= 4 is 21.4 Å². The maximum Gasteiger partial charge on any atom is 0.211 e. The summed E-state index contributed by atoms with van der Waals surface area (Å²) >= 11 is 1.28. The molecule has 0 aliphatic heterocycles. The molecule has 74 valence electrons. The van der Waals surface area contributed by atoms with Crippen LogP contribution >= 0.6 is 11.3 Å². The van der Waals surface area contributed by atoms with Gasteiger partial charge in [0.05, 0.1) is 19.6 Å². The highest BCUT2D eigenvalue weighted by Gasteiger charge is 2.15. The third-order valence-electron chi connectivity index (χ3n) is 1.99. The van der Waals surface area contributed by atoms with Gasteiger partial charge in [-0.3, -0.25) is 0 Å². The lowest BCUT2D eigenvalue weighted by Crippen LogP contribution is -1.85. The van der Waals surface area contributed by atoms with Gasteiger partial charge in [-0.25, -0.2) is 4.39 Å². The second-order valence-corrected chi connectivity index (χ2v) is 3.76. The molecule has 0 fully saturated rings. The van der Waals surface area contributed by atoms with Crippen LogP contribution in [-0.2, 0) is 0 Å². The average molecular weight is 212 g/mol. The molecule has 0 spiro atoms. The summed E-state index contributed by atoms with van der Waals surface area (Å²) in [7, 11) is 2.98. The summed E-state index contributed by atoms with van der Waals surface area (Å²) in [5, 5.41) is 0.793. The quantitative estimate of drug-likeness (QED) is 0.761. The Bertz CT molecular complexity index is 464. The molecule has 14 heavy (non-hydrogen) atoms. The lowest BCUT2D eigenvalue weighted by molar-refractivity contribution is 0.398. The zero-order valence-electron chi connectivity index (χ0n) is 7.83. The minimum atomic E-state index is -0.343. The first kappa shape index (κ1) is 9.27. The third kappa shape index (κ3) is 1.23. The van der Waals surface area contributed by atoms with Gasteiger partial charge in [-0.15, -0.1) is 0 Å². The normalized spacial score (nSPS) is 10.5. The van der Waals surface area contributed by atoms with Crippen molar-refractivity contribution in [2.75, 3.05) is 14.2 Å². The van der Waals surface area contributed by atoms with Crippen LogP contribution in [-0.4, -0.2) is 14.2 Å². The van der Waals surface area contributed by atoms with E-state index < -0.39 is 0 Å². The second-order valence-electron chi connectivity index (χ2n) is 2.74. The Labute approximate surface area is 84.9 Å². The van der Waals surface area contributed by atoms with Crippen LogP contribution < -0.4 is 9.47 Å². The highest BCUT2D eigenvalue weighted by Crippen LogP contribution is 2.40. The molecule has 0 amide bonds. The van der Waals surface area contributed by atoms with Gasteiger partial charge in [0.1, 0.15) is 5.75 Å². The van der Waals surface area contributed by atoms with Crippen molar-refractivity contribution in [1.29, 1.82) is 0 Å². The molecule has 1 heterocycles. The Kier molecular flexibility index (Phi) is 2.29. The van der Waals surface area contributed by atoms with Gasteiger partial charge < -0.3 is 9.47 Å². The smallest absolute Gasteiger partial charge is 0.211 e. The van der Waals surface area contributed by atoms with Gasteiger partial charge >= 0.3 is 0 Å². The molecule has 4 heteroatoms. The van der Waals surface area contributed by atoms with Crippen LogP contribution in [0.15, 0.2) is 18.2 Å². The zero-order chi connectivity index (χ0) is 10.1. The fraction of sp³-hybridized carbons (Fsp3) is 0.200. The lowest BCUT2D eigenvalue weighted by atomic mass is 10.2. The van der Waals surface area contributed by atoms with Crippen LogP contribution in [0.3, 0.4) is 0 Å². The molecule has 2 rings (SSSR count). The molecule has 0 saturated heterocycles. The van der Waals surface area contributed by atoms with Gasteiger partial charge in [0.25, 0.3) is 0 Å². The first-order valence-electron chi connectivity index (χ1n) is 4.07. The standard InChI is InChI=1S/C10H9FO2S/c1-12-6-4-3-5-7-8(6)9(11)10(13-2)14-7/h3-5H,1-2H3. The van der Waals surface area contributed by atoms with Crippen molar-refractivity contribution in [3.05, 3.63) is 24.0 Å². The van der Waals surface area contributed by atoms with Crippen molar-refractivity contribution in [3.8, 4) is 10.8 Å². The van der Waals surface area contributed by atoms with Gasteiger partial charge in [0, 0.05) is 4.70 Å². The predicted octanol–water partition coefficient (Wildman–Crippen LogP) is 3.06. The van der Waals surface area contributed by atoms with Crippen LogP contribution in [0.5, 0.6) is 10.8 Å². The lowest BCUT2D eigenvalue weighted by Gasteiger charge is -2.00. The molecule has 0 radical (unpaired) electrons. The van der Waals surface area contributed by atoms with Gasteiger partial charge in [-0.2, -0.15) is 0 Å². The fourth-order valence-corrected chi connectivity index (χ4v) is 2.27. The monoisotopic (exact) mass is 212 g/mol. The fourth-order valence-electron chi connectivity index (χ4n) is 1.36. The second kappa shape index (κ2) is 3.46. The first-order chi connectivity index (χ1) is 6.77. The zero-order valence-corrected chi connectivity index (χ0v) is 8.65. The van der Waals surface area contributed by atoms with Crippen LogP contribution in [0.4, 0.5) is 4.39 Å². The predicted molar refractivity (Wildman–Crippen MR) is 54.9 cm³/mol. The summed E-state index contributed by atoms with van der Waals surface area (Å²) in [6, 6.07) is 5.40. The molecule has 0 saturated carbocycles. The van der Waals surface area contributed by atoms with E-state index in [0.29, 0.717) is 16.2 Å². The summed E-state index contributed by atoms with van der Waals surface area (Å²) in [6.45, 7) is 0. The van der Waals surface area contributed by atoms with E-state index >= 15 is 0 Å². The summed E-state index contributed by atoms with van der Waals surface area (Å²) in [5.74, 6) is 0.199. The van der Waals surface area contributed by atoms with E-state index in [0.717, 1.165) is 4.70 Å². The van der Waals surface area contributed by atoms with Crippen molar-refractivity contribution in [3.63, 3.8) is 0 Å². The molecule has 1 aromatic heterocycles. The molecule has 0 unspecified atom stereocenters. The number of benzene rings is 1. The molecule has 0 aliphatic carbocycles. The van der Waals surface area contributed by atoms with Crippen LogP contribution in [0, 0.1) is 5.82 Å². The van der Waals surface area contributed by atoms with Crippen LogP contribution in [0.25, 0.3) is 10.1 Å². The van der Waals surface area contributed by atoms with E-state index in [1.807, 2.05) is 12.1 Å². The summed E-state index contributed by atoms with van der Waals surface area (Å²) in [4.78, 5) is 0. The van der Waals surface area contributed by atoms with Gasteiger partial charge in [-0.1, -0.05) is 17.4 Å². The minimum Gasteiger partial charge on any atom is -0.496 e. The van der Waals surface area contributed by atoms with E-state index in [2.05, 4.69) is 0 Å². The number of hydrogen-bond donors (Lipinski definition) is 0. The summed E-state index contributed by atoms with van der Waals surface area (Å²) in [6.07, 6.45) is 0. The van der Waals surface area contributed by atoms with E-state index in [1.54, 1.807) is 6.07 Å². The Hall–Kier alpha value is -1.29. The van der Waals surface area contributed by atoms with Gasteiger partial charge in [-0.05, 0) is 12.1 Å². The van der Waals surface area contributed by atoms with E-state index in [1.165, 1.54) is 25.6 Å². The molecular weight excluding hydrogens is 203 g/mol. The highest BCUT2D eigenvalue weighted by molar-refractivity contribution is 7.20. The minimum absolute atomic E-state index is 0.296. The number of fused-ring (bicyclic) bond motifs is 1. The maximum atomic E-state index is 13.7. The summed E-state index contributed by atoms with van der Waals surface area (Å²) in [5.41, 5.74) is 0.